The Morgan fingerprint density at radius 1 is 1.44 bits per heavy atom. The molecular formula is C18H18ClN3O5. The molecule has 4 rings (SSSR count). The molecule has 1 amide bonds. The lowest BCUT2D eigenvalue weighted by molar-refractivity contribution is -0.144. The lowest BCUT2D eigenvalue weighted by Crippen LogP contribution is -2.26. The van der Waals surface area contributed by atoms with Crippen LogP contribution in [0.15, 0.2) is 12.1 Å². The maximum atomic E-state index is 12.3. The third-order valence-corrected chi connectivity index (χ3v) is 4.89. The molecule has 27 heavy (non-hydrogen) atoms. The number of fused-ring (bicyclic) bond motifs is 2. The molecule has 142 valence electrons. The van der Waals surface area contributed by atoms with Gasteiger partial charge in [0, 0.05) is 17.9 Å². The molecule has 1 N–H and O–H groups in total. The first kappa shape index (κ1) is 17.7. The molecule has 0 bridgehead atoms. The first-order valence-corrected chi connectivity index (χ1v) is 8.97. The van der Waals surface area contributed by atoms with E-state index in [-0.39, 0.29) is 38.2 Å². The fourth-order valence-corrected chi connectivity index (χ4v) is 3.80. The number of rotatable bonds is 4. The van der Waals surface area contributed by atoms with Gasteiger partial charge in [0.25, 0.3) is 0 Å². The van der Waals surface area contributed by atoms with Crippen molar-refractivity contribution in [3.8, 4) is 11.5 Å². The van der Waals surface area contributed by atoms with E-state index in [1.807, 2.05) is 13.0 Å². The van der Waals surface area contributed by atoms with Crippen LogP contribution < -0.4 is 14.8 Å². The maximum Gasteiger partial charge on any atom is 0.327 e. The third-order valence-electron chi connectivity index (χ3n) is 4.61. The number of aromatic nitrogens is 2. The number of esters is 1. The number of carbonyl (C=O) groups excluding carboxylic acids is 2. The third kappa shape index (κ3) is 3.10. The molecular weight excluding hydrogens is 374 g/mol. The highest BCUT2D eigenvalue weighted by atomic mass is 35.5. The Kier molecular flexibility index (Phi) is 4.43. The highest BCUT2D eigenvalue weighted by Crippen LogP contribution is 2.45. The highest BCUT2D eigenvalue weighted by molar-refractivity contribution is 6.32. The Hall–Kier alpha value is -2.74. The number of ether oxygens (including phenoxy) is 3. The molecule has 0 spiro atoms. The van der Waals surface area contributed by atoms with Gasteiger partial charge in [0.2, 0.25) is 12.7 Å². The van der Waals surface area contributed by atoms with Gasteiger partial charge in [-0.3, -0.25) is 9.59 Å². The SMILES string of the molecule is CCOC(=O)Cn1nc(C)c2c1NC(=O)C[C@H]2c1cc(Cl)c2c(c1)OCO2. The van der Waals surface area contributed by atoms with E-state index in [4.69, 9.17) is 25.8 Å². The molecule has 0 saturated heterocycles. The number of aryl methyl sites for hydroxylation is 1. The van der Waals surface area contributed by atoms with Crippen LogP contribution in [0.5, 0.6) is 11.5 Å². The quantitative estimate of drug-likeness (QED) is 0.805. The summed E-state index contributed by atoms with van der Waals surface area (Å²) in [5.41, 5.74) is 2.42. The van der Waals surface area contributed by atoms with Crippen molar-refractivity contribution in [1.82, 2.24) is 9.78 Å². The Balaban J connectivity index is 1.76. The van der Waals surface area contributed by atoms with Gasteiger partial charge in [0.1, 0.15) is 12.4 Å². The smallest absolute Gasteiger partial charge is 0.327 e. The molecule has 0 unspecified atom stereocenters. The highest BCUT2D eigenvalue weighted by Gasteiger charge is 2.34. The van der Waals surface area contributed by atoms with Crippen LogP contribution in [0, 0.1) is 6.92 Å². The van der Waals surface area contributed by atoms with Crippen molar-refractivity contribution in [2.24, 2.45) is 0 Å². The van der Waals surface area contributed by atoms with Crippen molar-refractivity contribution in [3.63, 3.8) is 0 Å². The predicted octanol–water partition coefficient (Wildman–Crippen LogP) is 2.61. The summed E-state index contributed by atoms with van der Waals surface area (Å²) in [5.74, 6) is 0.751. The van der Waals surface area contributed by atoms with Crippen LogP contribution in [-0.4, -0.2) is 35.1 Å². The molecule has 1 aromatic carbocycles. The van der Waals surface area contributed by atoms with E-state index in [1.165, 1.54) is 4.68 Å². The van der Waals surface area contributed by atoms with E-state index in [9.17, 15) is 9.59 Å². The van der Waals surface area contributed by atoms with Crippen LogP contribution in [0.4, 0.5) is 5.82 Å². The summed E-state index contributed by atoms with van der Waals surface area (Å²) in [5, 5.41) is 7.69. The zero-order chi connectivity index (χ0) is 19.1. The van der Waals surface area contributed by atoms with E-state index in [1.54, 1.807) is 13.0 Å². The molecule has 0 saturated carbocycles. The second-order valence-corrected chi connectivity index (χ2v) is 6.76. The average molecular weight is 392 g/mol. The molecule has 0 aliphatic carbocycles. The molecule has 2 aliphatic heterocycles. The second kappa shape index (κ2) is 6.77. The van der Waals surface area contributed by atoms with E-state index >= 15 is 0 Å². The molecule has 1 aromatic heterocycles. The summed E-state index contributed by atoms with van der Waals surface area (Å²) in [6.07, 6.45) is 0.245. The zero-order valence-electron chi connectivity index (χ0n) is 14.9. The summed E-state index contributed by atoms with van der Waals surface area (Å²) in [6.45, 7) is 3.92. The molecule has 9 heteroatoms. The Morgan fingerprint density at radius 2 is 2.26 bits per heavy atom. The van der Waals surface area contributed by atoms with Crippen LogP contribution >= 0.6 is 11.6 Å². The molecule has 8 nitrogen and oxygen atoms in total. The number of benzene rings is 1. The summed E-state index contributed by atoms with van der Waals surface area (Å²) in [7, 11) is 0. The van der Waals surface area contributed by atoms with Crippen molar-refractivity contribution in [2.75, 3.05) is 18.7 Å². The van der Waals surface area contributed by atoms with Crippen LogP contribution in [0.3, 0.4) is 0 Å². The minimum Gasteiger partial charge on any atom is -0.465 e. The Labute approximate surface area is 160 Å². The van der Waals surface area contributed by atoms with Gasteiger partial charge in [-0.05, 0) is 31.5 Å². The Bertz CT molecular complexity index is 940. The van der Waals surface area contributed by atoms with Crippen molar-refractivity contribution in [1.29, 1.82) is 0 Å². The summed E-state index contributed by atoms with van der Waals surface area (Å²) >= 11 is 6.32. The monoisotopic (exact) mass is 391 g/mol. The number of halogens is 1. The van der Waals surface area contributed by atoms with E-state index in [2.05, 4.69) is 10.4 Å². The zero-order valence-corrected chi connectivity index (χ0v) is 15.6. The molecule has 2 aliphatic rings. The van der Waals surface area contributed by atoms with Gasteiger partial charge in [-0.1, -0.05) is 11.6 Å². The van der Waals surface area contributed by atoms with Gasteiger partial charge in [-0.25, -0.2) is 4.68 Å². The number of hydrogen-bond donors (Lipinski definition) is 1. The van der Waals surface area contributed by atoms with Crippen molar-refractivity contribution >= 4 is 29.3 Å². The fraction of sp³-hybridized carbons (Fsp3) is 0.389. The summed E-state index contributed by atoms with van der Waals surface area (Å²) in [6, 6.07) is 3.62. The normalized spacial score (nSPS) is 17.4. The predicted molar refractivity (Wildman–Crippen MR) is 96.3 cm³/mol. The largest absolute Gasteiger partial charge is 0.465 e. The van der Waals surface area contributed by atoms with Crippen molar-refractivity contribution in [2.45, 2.75) is 32.7 Å². The molecule has 2 aromatic rings. The van der Waals surface area contributed by atoms with E-state index in [0.29, 0.717) is 22.3 Å². The minimum absolute atomic E-state index is 0.0705. The molecule has 3 heterocycles. The maximum absolute atomic E-state index is 12.3. The first-order valence-electron chi connectivity index (χ1n) is 8.59. The van der Waals surface area contributed by atoms with Crippen LogP contribution in [0.1, 0.15) is 36.1 Å². The summed E-state index contributed by atoms with van der Waals surface area (Å²) in [4.78, 5) is 24.2. The molecule has 0 fully saturated rings. The number of amides is 1. The second-order valence-electron chi connectivity index (χ2n) is 6.35. The fourth-order valence-electron chi connectivity index (χ4n) is 3.53. The van der Waals surface area contributed by atoms with Crippen LogP contribution in [0.25, 0.3) is 0 Å². The first-order chi connectivity index (χ1) is 13.0. The Morgan fingerprint density at radius 3 is 3.04 bits per heavy atom. The van der Waals surface area contributed by atoms with Crippen molar-refractivity contribution < 1.29 is 23.8 Å². The minimum atomic E-state index is -0.412. The van der Waals surface area contributed by atoms with Gasteiger partial charge in [-0.2, -0.15) is 5.10 Å². The standard InChI is InChI=1S/C18H18ClN3O5/c1-3-25-15(24)7-22-18-16(9(2)21-22)11(6-14(23)20-18)10-4-12(19)17-13(5-10)26-8-27-17/h4-5,11H,3,6-8H2,1-2H3,(H,20,23)/t11-/m0/s1. The number of nitrogens with zero attached hydrogens (tertiary/aromatic N) is 2. The van der Waals surface area contributed by atoms with Crippen molar-refractivity contribution in [3.05, 3.63) is 34.0 Å². The molecule has 0 radical (unpaired) electrons. The number of hydrogen-bond acceptors (Lipinski definition) is 6. The van der Waals surface area contributed by atoms with E-state index in [0.717, 1.165) is 16.8 Å². The van der Waals surface area contributed by atoms with Gasteiger partial charge < -0.3 is 19.5 Å². The topological polar surface area (TPSA) is 91.7 Å². The van der Waals surface area contributed by atoms with Gasteiger partial charge in [0.15, 0.2) is 11.5 Å². The lowest BCUT2D eigenvalue weighted by Gasteiger charge is -2.24. The lowest BCUT2D eigenvalue weighted by atomic mass is 9.85. The number of anilines is 1. The van der Waals surface area contributed by atoms with Gasteiger partial charge in [-0.15, -0.1) is 0 Å². The van der Waals surface area contributed by atoms with Crippen LogP contribution in [-0.2, 0) is 20.9 Å². The van der Waals surface area contributed by atoms with E-state index < -0.39 is 5.97 Å². The van der Waals surface area contributed by atoms with Crippen LogP contribution in [0.2, 0.25) is 5.02 Å². The average Bonchev–Trinajstić information content (AvgIpc) is 3.20. The number of nitrogens with one attached hydrogen (secondary N) is 1. The number of carbonyl (C=O) groups is 2. The van der Waals surface area contributed by atoms with Gasteiger partial charge in [0.05, 0.1) is 17.3 Å². The molecule has 1 atom stereocenters. The summed E-state index contributed by atoms with van der Waals surface area (Å²) < 4.78 is 17.3. The van der Waals surface area contributed by atoms with Gasteiger partial charge >= 0.3 is 5.97 Å².